The van der Waals surface area contributed by atoms with Crippen molar-refractivity contribution in [3.05, 3.63) is 71.8 Å². The van der Waals surface area contributed by atoms with Crippen LogP contribution in [0.2, 0.25) is 0 Å². The number of carbonyl (C=O) groups excluding carboxylic acids is 1. The van der Waals surface area contributed by atoms with E-state index in [-0.39, 0.29) is 19.8 Å². The fourth-order valence-electron chi connectivity index (χ4n) is 2.48. The second-order valence-electron chi connectivity index (χ2n) is 6.23. The first-order valence-electron chi connectivity index (χ1n) is 9.50. The molecule has 0 aliphatic carbocycles. The molecule has 0 saturated carbocycles. The number of nitrogens with one attached hydrogen (secondary N) is 1. The Morgan fingerprint density at radius 1 is 0.929 bits per heavy atom. The highest BCUT2D eigenvalue weighted by Crippen LogP contribution is 2.59. The van der Waals surface area contributed by atoms with E-state index in [1.165, 1.54) is 0 Å². The lowest BCUT2D eigenvalue weighted by molar-refractivity contribution is 0.134. The second kappa shape index (κ2) is 11.6. The minimum atomic E-state index is -3.65. The van der Waals surface area contributed by atoms with E-state index in [2.05, 4.69) is 5.32 Å². The highest BCUT2D eigenvalue weighted by molar-refractivity contribution is 7.54. The second-order valence-corrected chi connectivity index (χ2v) is 8.34. The van der Waals surface area contributed by atoms with Crippen molar-refractivity contribution in [1.82, 2.24) is 5.32 Å². The maximum Gasteiger partial charge on any atom is 0.408 e. The lowest BCUT2D eigenvalue weighted by Gasteiger charge is -2.27. The van der Waals surface area contributed by atoms with Gasteiger partial charge in [-0.15, -0.1) is 0 Å². The van der Waals surface area contributed by atoms with Crippen molar-refractivity contribution in [3.63, 3.8) is 0 Å². The van der Waals surface area contributed by atoms with Crippen molar-refractivity contribution in [2.75, 3.05) is 13.2 Å². The van der Waals surface area contributed by atoms with Crippen LogP contribution < -0.4 is 5.32 Å². The number of amides is 1. The highest BCUT2D eigenvalue weighted by Gasteiger charge is 2.38. The van der Waals surface area contributed by atoms with Crippen LogP contribution in [0.1, 0.15) is 43.6 Å². The third-order valence-corrected chi connectivity index (χ3v) is 5.99. The lowest BCUT2D eigenvalue weighted by Crippen LogP contribution is -2.30. The molecule has 6 nitrogen and oxygen atoms in total. The normalized spacial score (nSPS) is 12.4. The zero-order chi connectivity index (χ0) is 20.2. The molecule has 2 rings (SSSR count). The minimum Gasteiger partial charge on any atom is -0.445 e. The Bertz CT molecular complexity index is 742. The van der Waals surface area contributed by atoms with Crippen LogP contribution >= 0.6 is 7.60 Å². The topological polar surface area (TPSA) is 73.9 Å². The standard InChI is InChI=1S/C21H28NO5P/c1-3-15-26-28(24,27-16-4-2)20(19-13-9-6-10-14-19)22-21(23)25-17-18-11-7-5-8-12-18/h5-14,20H,3-4,15-17H2,1-2H3,(H,22,23)/t20-/m1/s1. The quantitative estimate of drug-likeness (QED) is 0.489. The average molecular weight is 405 g/mol. The number of alkyl carbamates (subject to hydrolysis) is 1. The maximum atomic E-state index is 13.5. The molecule has 0 spiro atoms. The molecule has 0 unspecified atom stereocenters. The highest BCUT2D eigenvalue weighted by atomic mass is 31.2. The molecule has 1 atom stereocenters. The smallest absolute Gasteiger partial charge is 0.408 e. The van der Waals surface area contributed by atoms with Gasteiger partial charge in [-0.2, -0.15) is 0 Å². The Morgan fingerprint density at radius 2 is 1.46 bits per heavy atom. The van der Waals surface area contributed by atoms with Crippen molar-refractivity contribution < 1.29 is 23.1 Å². The minimum absolute atomic E-state index is 0.115. The molecular formula is C21H28NO5P. The summed E-state index contributed by atoms with van der Waals surface area (Å²) >= 11 is 0. The third-order valence-electron chi connectivity index (χ3n) is 3.85. The SMILES string of the molecule is CCCOP(=O)(OCCC)[C@@H](NC(=O)OCc1ccccc1)c1ccccc1. The monoisotopic (exact) mass is 405 g/mol. The number of benzene rings is 2. The lowest BCUT2D eigenvalue weighted by atomic mass is 10.2. The van der Waals surface area contributed by atoms with Crippen LogP contribution in [0.4, 0.5) is 4.79 Å². The molecule has 0 aromatic heterocycles. The molecule has 7 heteroatoms. The predicted molar refractivity (Wildman–Crippen MR) is 109 cm³/mol. The zero-order valence-electron chi connectivity index (χ0n) is 16.4. The average Bonchev–Trinajstić information content (AvgIpc) is 2.74. The van der Waals surface area contributed by atoms with E-state index >= 15 is 0 Å². The summed E-state index contributed by atoms with van der Waals surface area (Å²) in [5.74, 6) is -0.949. The first-order valence-corrected chi connectivity index (χ1v) is 11.1. The van der Waals surface area contributed by atoms with Gasteiger partial charge in [-0.05, 0) is 24.0 Å². The van der Waals surface area contributed by atoms with Gasteiger partial charge in [0.05, 0.1) is 13.2 Å². The van der Waals surface area contributed by atoms with E-state index in [4.69, 9.17) is 13.8 Å². The Hall–Kier alpha value is -2.14. The molecule has 0 fully saturated rings. The summed E-state index contributed by atoms with van der Waals surface area (Å²) in [5, 5.41) is 2.69. The molecule has 1 amide bonds. The molecule has 152 valence electrons. The van der Waals surface area contributed by atoms with Crippen LogP contribution in [-0.4, -0.2) is 19.3 Å². The number of carbonyl (C=O) groups is 1. The summed E-state index contributed by atoms with van der Waals surface area (Å²) in [6.07, 6.45) is 0.678. The number of ether oxygens (including phenoxy) is 1. The summed E-state index contributed by atoms with van der Waals surface area (Å²) in [6, 6.07) is 18.4. The van der Waals surface area contributed by atoms with Gasteiger partial charge in [-0.1, -0.05) is 74.5 Å². The zero-order valence-corrected chi connectivity index (χ0v) is 17.3. The van der Waals surface area contributed by atoms with Crippen molar-refractivity contribution in [2.24, 2.45) is 0 Å². The summed E-state index contributed by atoms with van der Waals surface area (Å²) in [7, 11) is -3.65. The largest absolute Gasteiger partial charge is 0.445 e. The van der Waals surface area contributed by atoms with Gasteiger partial charge < -0.3 is 19.1 Å². The molecule has 2 aromatic carbocycles. The van der Waals surface area contributed by atoms with Gasteiger partial charge in [0, 0.05) is 0 Å². The first-order chi connectivity index (χ1) is 13.6. The fraction of sp³-hybridized carbons (Fsp3) is 0.381. The van der Waals surface area contributed by atoms with Gasteiger partial charge in [0.1, 0.15) is 6.61 Å². The maximum absolute atomic E-state index is 13.5. The summed E-state index contributed by atoms with van der Waals surface area (Å²) in [6.45, 7) is 4.49. The van der Waals surface area contributed by atoms with Gasteiger partial charge in [-0.3, -0.25) is 4.57 Å². The van der Waals surface area contributed by atoms with Crippen LogP contribution in [0, 0.1) is 0 Å². The van der Waals surface area contributed by atoms with E-state index in [1.807, 2.05) is 62.4 Å². The van der Waals surface area contributed by atoms with Crippen LogP contribution in [0.3, 0.4) is 0 Å². The Balaban J connectivity index is 2.17. The summed E-state index contributed by atoms with van der Waals surface area (Å²) in [4.78, 5) is 12.4. The summed E-state index contributed by atoms with van der Waals surface area (Å²) < 4.78 is 30.1. The van der Waals surface area contributed by atoms with Gasteiger partial charge >= 0.3 is 13.7 Å². The molecular weight excluding hydrogens is 377 g/mol. The molecule has 28 heavy (non-hydrogen) atoms. The predicted octanol–water partition coefficient (Wildman–Crippen LogP) is 5.66. The molecule has 0 aliphatic rings. The molecule has 0 radical (unpaired) electrons. The third kappa shape index (κ3) is 6.79. The van der Waals surface area contributed by atoms with E-state index in [9.17, 15) is 9.36 Å². The Labute approximate surface area is 166 Å². The number of rotatable bonds is 11. The van der Waals surface area contributed by atoms with Crippen LogP contribution in [0.15, 0.2) is 60.7 Å². The van der Waals surface area contributed by atoms with Crippen molar-refractivity contribution >= 4 is 13.7 Å². The summed E-state index contributed by atoms with van der Waals surface area (Å²) in [5.41, 5.74) is 1.50. The fourth-order valence-corrected chi connectivity index (χ4v) is 4.53. The molecule has 0 saturated heterocycles. The van der Waals surface area contributed by atoms with Gasteiger partial charge in [0.25, 0.3) is 0 Å². The molecule has 0 bridgehead atoms. The Morgan fingerprint density at radius 3 is 2.00 bits per heavy atom. The van der Waals surface area contributed by atoms with Gasteiger partial charge in [0.2, 0.25) is 0 Å². The van der Waals surface area contributed by atoms with Gasteiger partial charge in [-0.25, -0.2) is 4.79 Å². The number of hydrogen-bond donors (Lipinski definition) is 1. The number of hydrogen-bond acceptors (Lipinski definition) is 5. The molecule has 1 N–H and O–H groups in total. The van der Waals surface area contributed by atoms with Crippen molar-refractivity contribution in [3.8, 4) is 0 Å². The molecule has 2 aromatic rings. The van der Waals surface area contributed by atoms with Crippen LogP contribution in [0.25, 0.3) is 0 Å². The Kier molecular flexibility index (Phi) is 9.21. The van der Waals surface area contributed by atoms with Crippen molar-refractivity contribution in [2.45, 2.75) is 39.1 Å². The van der Waals surface area contributed by atoms with E-state index in [0.29, 0.717) is 18.4 Å². The molecule has 0 aliphatic heterocycles. The van der Waals surface area contributed by atoms with E-state index in [1.54, 1.807) is 12.1 Å². The van der Waals surface area contributed by atoms with Crippen molar-refractivity contribution in [1.29, 1.82) is 0 Å². The molecule has 0 heterocycles. The first kappa shape index (κ1) is 22.2. The van der Waals surface area contributed by atoms with Gasteiger partial charge in [0.15, 0.2) is 5.78 Å². The van der Waals surface area contributed by atoms with Crippen LogP contribution in [-0.2, 0) is 25.0 Å². The van der Waals surface area contributed by atoms with Crippen LogP contribution in [0.5, 0.6) is 0 Å². The van der Waals surface area contributed by atoms with E-state index < -0.39 is 19.5 Å². The van der Waals surface area contributed by atoms with E-state index in [0.717, 1.165) is 5.56 Å².